The highest BCUT2D eigenvalue weighted by atomic mass is 32.2. The molecular weight excluding hydrogens is 352 g/mol. The van der Waals surface area contributed by atoms with Crippen LogP contribution in [0.2, 0.25) is 0 Å². The zero-order valence-electron chi connectivity index (χ0n) is 13.6. The number of nitrogens with zero attached hydrogens (tertiary/aromatic N) is 2. The second kappa shape index (κ2) is 6.62. The predicted molar refractivity (Wildman–Crippen MR) is 91.1 cm³/mol. The van der Waals surface area contributed by atoms with Crippen LogP contribution in [0.5, 0.6) is 0 Å². The summed E-state index contributed by atoms with van der Waals surface area (Å²) in [7, 11) is -6.89. The normalized spacial score (nSPS) is 22.5. The van der Waals surface area contributed by atoms with E-state index in [1.54, 1.807) is 19.1 Å². The lowest BCUT2D eigenvalue weighted by molar-refractivity contribution is 0.0730. The summed E-state index contributed by atoms with van der Waals surface area (Å²) >= 11 is 0. The van der Waals surface area contributed by atoms with E-state index in [1.165, 1.54) is 14.7 Å². The third kappa shape index (κ3) is 3.30. The van der Waals surface area contributed by atoms with Crippen LogP contribution >= 0.6 is 0 Å². The lowest BCUT2D eigenvalue weighted by Gasteiger charge is -2.29. The van der Waals surface area contributed by atoms with Gasteiger partial charge in [-0.3, -0.25) is 4.31 Å². The summed E-state index contributed by atoms with van der Waals surface area (Å²) in [6.07, 6.45) is 1.48. The van der Waals surface area contributed by atoms with Crippen molar-refractivity contribution in [3.8, 4) is 0 Å². The van der Waals surface area contributed by atoms with Gasteiger partial charge < -0.3 is 4.74 Å². The van der Waals surface area contributed by atoms with Crippen molar-refractivity contribution < 1.29 is 21.6 Å². The molecule has 7 nitrogen and oxygen atoms in total. The zero-order valence-corrected chi connectivity index (χ0v) is 15.3. The van der Waals surface area contributed by atoms with Crippen LogP contribution in [-0.4, -0.2) is 59.7 Å². The molecule has 0 aliphatic carbocycles. The van der Waals surface area contributed by atoms with Crippen molar-refractivity contribution in [3.63, 3.8) is 0 Å². The van der Waals surface area contributed by atoms with Crippen molar-refractivity contribution in [2.45, 2.75) is 24.7 Å². The highest BCUT2D eigenvalue weighted by Gasteiger charge is 2.30. The molecule has 134 valence electrons. The fourth-order valence-electron chi connectivity index (χ4n) is 3.08. The van der Waals surface area contributed by atoms with Crippen LogP contribution in [0.3, 0.4) is 0 Å². The number of benzene rings is 1. The topological polar surface area (TPSA) is 84.0 Å². The molecule has 0 bridgehead atoms. The van der Waals surface area contributed by atoms with Gasteiger partial charge in [0.05, 0.1) is 29.5 Å². The van der Waals surface area contributed by atoms with E-state index in [4.69, 9.17) is 4.74 Å². The molecule has 0 spiro atoms. The maximum atomic E-state index is 12.8. The van der Waals surface area contributed by atoms with Gasteiger partial charge in [0.1, 0.15) is 0 Å². The van der Waals surface area contributed by atoms with Gasteiger partial charge in [0, 0.05) is 19.6 Å². The summed E-state index contributed by atoms with van der Waals surface area (Å²) in [4.78, 5) is 0.225. The molecule has 2 aliphatic rings. The number of anilines is 1. The third-order valence-corrected chi connectivity index (χ3v) is 8.31. The van der Waals surface area contributed by atoms with Crippen LogP contribution in [-0.2, 0) is 24.8 Å². The maximum Gasteiger partial charge on any atom is 0.243 e. The van der Waals surface area contributed by atoms with Crippen molar-refractivity contribution in [2.75, 3.05) is 42.9 Å². The zero-order chi connectivity index (χ0) is 17.4. The van der Waals surface area contributed by atoms with E-state index in [2.05, 4.69) is 0 Å². The highest BCUT2D eigenvalue weighted by molar-refractivity contribution is 7.92. The largest absolute Gasteiger partial charge is 0.379 e. The molecule has 0 aromatic heterocycles. The van der Waals surface area contributed by atoms with Crippen molar-refractivity contribution in [3.05, 3.63) is 23.8 Å². The summed E-state index contributed by atoms with van der Waals surface area (Å²) < 4.78 is 57.9. The van der Waals surface area contributed by atoms with E-state index in [-0.39, 0.29) is 10.6 Å². The van der Waals surface area contributed by atoms with Crippen LogP contribution in [0, 0.1) is 6.92 Å². The molecule has 0 amide bonds. The Kier molecular flexibility index (Phi) is 4.87. The number of morpholine rings is 1. The van der Waals surface area contributed by atoms with E-state index in [0.717, 1.165) is 6.42 Å². The molecule has 24 heavy (non-hydrogen) atoms. The van der Waals surface area contributed by atoms with Gasteiger partial charge >= 0.3 is 0 Å². The molecule has 2 aliphatic heterocycles. The first-order chi connectivity index (χ1) is 11.3. The molecule has 2 fully saturated rings. The van der Waals surface area contributed by atoms with Crippen LogP contribution in [0.25, 0.3) is 0 Å². The van der Waals surface area contributed by atoms with Crippen molar-refractivity contribution in [2.24, 2.45) is 0 Å². The van der Waals surface area contributed by atoms with Crippen molar-refractivity contribution in [1.29, 1.82) is 0 Å². The molecule has 0 N–H and O–H groups in total. The standard InChI is InChI=1S/C15H22N2O5S2/c1-13-12-14(17-6-2-3-11-23(17,18)19)4-5-15(13)24(20,21)16-7-9-22-10-8-16/h4-5,12H,2-3,6-11H2,1H3. The molecule has 2 heterocycles. The number of sulfonamides is 2. The third-order valence-electron chi connectivity index (χ3n) is 4.38. The molecule has 9 heteroatoms. The fourth-order valence-corrected chi connectivity index (χ4v) is 6.33. The molecule has 1 aromatic carbocycles. The Morgan fingerprint density at radius 1 is 1.08 bits per heavy atom. The lowest BCUT2D eigenvalue weighted by atomic mass is 10.2. The molecular formula is C15H22N2O5S2. The van der Waals surface area contributed by atoms with E-state index >= 15 is 0 Å². The summed E-state index contributed by atoms with van der Waals surface area (Å²) in [5, 5.41) is 0. The minimum Gasteiger partial charge on any atom is -0.379 e. The first-order valence-electron chi connectivity index (χ1n) is 8.01. The van der Waals surface area contributed by atoms with Crippen LogP contribution in [0.15, 0.2) is 23.1 Å². The Morgan fingerprint density at radius 3 is 2.42 bits per heavy atom. The molecule has 1 aromatic rings. The van der Waals surface area contributed by atoms with Gasteiger partial charge in [0.25, 0.3) is 0 Å². The van der Waals surface area contributed by atoms with E-state index in [0.29, 0.717) is 50.5 Å². The van der Waals surface area contributed by atoms with Gasteiger partial charge in [0.2, 0.25) is 20.0 Å². The smallest absolute Gasteiger partial charge is 0.243 e. The average molecular weight is 374 g/mol. The van der Waals surface area contributed by atoms with E-state index < -0.39 is 20.0 Å². The van der Waals surface area contributed by atoms with Gasteiger partial charge in [-0.05, 0) is 43.5 Å². The van der Waals surface area contributed by atoms with Crippen LogP contribution < -0.4 is 4.31 Å². The number of hydrogen-bond donors (Lipinski definition) is 0. The Labute approximate surface area is 143 Å². The molecule has 0 atom stereocenters. The summed E-state index contributed by atoms with van der Waals surface area (Å²) in [6, 6.07) is 4.75. The Bertz CT molecular complexity index is 814. The van der Waals surface area contributed by atoms with Gasteiger partial charge in [-0.2, -0.15) is 4.31 Å². The summed E-state index contributed by atoms with van der Waals surface area (Å²) in [6.45, 7) is 3.60. The van der Waals surface area contributed by atoms with Crippen molar-refractivity contribution in [1.82, 2.24) is 4.31 Å². The quantitative estimate of drug-likeness (QED) is 0.786. The van der Waals surface area contributed by atoms with Crippen LogP contribution in [0.1, 0.15) is 18.4 Å². The average Bonchev–Trinajstić information content (AvgIpc) is 2.55. The molecule has 0 unspecified atom stereocenters. The number of rotatable bonds is 3. The summed E-state index contributed by atoms with van der Waals surface area (Å²) in [5.41, 5.74) is 1.09. The number of aryl methyl sites for hydroxylation is 1. The predicted octanol–water partition coefficient (Wildman–Crippen LogP) is 0.946. The number of hydrogen-bond acceptors (Lipinski definition) is 5. The first kappa shape index (κ1) is 17.7. The second-order valence-electron chi connectivity index (χ2n) is 6.06. The van der Waals surface area contributed by atoms with Crippen molar-refractivity contribution >= 4 is 25.7 Å². The molecule has 3 rings (SSSR count). The Balaban J connectivity index is 1.92. The minimum absolute atomic E-state index is 0.139. The minimum atomic E-state index is -3.58. The Hall–Kier alpha value is -1.16. The van der Waals surface area contributed by atoms with E-state index in [1.807, 2.05) is 0 Å². The maximum absolute atomic E-state index is 12.8. The van der Waals surface area contributed by atoms with Gasteiger partial charge in [0.15, 0.2) is 0 Å². The Morgan fingerprint density at radius 2 is 1.79 bits per heavy atom. The first-order valence-corrected chi connectivity index (χ1v) is 11.1. The van der Waals surface area contributed by atoms with Crippen LogP contribution in [0.4, 0.5) is 5.69 Å². The number of ether oxygens (including phenoxy) is 1. The van der Waals surface area contributed by atoms with Gasteiger partial charge in [-0.1, -0.05) is 0 Å². The van der Waals surface area contributed by atoms with E-state index in [9.17, 15) is 16.8 Å². The SMILES string of the molecule is Cc1cc(N2CCCCS2(=O)=O)ccc1S(=O)(=O)N1CCOCC1. The summed E-state index contributed by atoms with van der Waals surface area (Å²) in [5.74, 6) is 0.139. The van der Waals surface area contributed by atoms with Gasteiger partial charge in [-0.25, -0.2) is 16.8 Å². The molecule has 0 saturated carbocycles. The fraction of sp³-hybridized carbons (Fsp3) is 0.600. The highest BCUT2D eigenvalue weighted by Crippen LogP contribution is 2.28. The monoisotopic (exact) mass is 374 g/mol. The second-order valence-corrected chi connectivity index (χ2v) is 9.98. The molecule has 2 saturated heterocycles. The molecule has 0 radical (unpaired) electrons. The lowest BCUT2D eigenvalue weighted by Crippen LogP contribution is -2.41. The van der Waals surface area contributed by atoms with Gasteiger partial charge in [-0.15, -0.1) is 0 Å².